The Kier molecular flexibility index (Phi) is 4.30. The maximum atomic E-state index is 11.8. The fourth-order valence-corrected chi connectivity index (χ4v) is 2.08. The first-order chi connectivity index (χ1) is 9.52. The summed E-state index contributed by atoms with van der Waals surface area (Å²) < 4.78 is 11.0. The average molecular weight is 291 g/mol. The van der Waals surface area contributed by atoms with Crippen molar-refractivity contribution in [2.24, 2.45) is 0 Å². The number of ether oxygens (including phenoxy) is 2. The summed E-state index contributed by atoms with van der Waals surface area (Å²) in [5.41, 5.74) is 1.43. The second-order valence-electron chi connectivity index (χ2n) is 4.43. The molecule has 0 aliphatic rings. The van der Waals surface area contributed by atoms with Crippen LogP contribution in [0.3, 0.4) is 0 Å². The van der Waals surface area contributed by atoms with Gasteiger partial charge in [-0.05, 0) is 43.7 Å². The molecular formula is C16H15ClO3. The Balaban J connectivity index is 2.48. The highest BCUT2D eigenvalue weighted by atomic mass is 35.5. The van der Waals surface area contributed by atoms with E-state index in [1.54, 1.807) is 24.3 Å². The van der Waals surface area contributed by atoms with Gasteiger partial charge in [-0.25, -0.2) is 0 Å². The minimum Gasteiger partial charge on any atom is -0.496 e. The Morgan fingerprint density at radius 1 is 1.10 bits per heavy atom. The molecule has 104 valence electrons. The van der Waals surface area contributed by atoms with Gasteiger partial charge in [0.1, 0.15) is 22.8 Å². The molecule has 4 heteroatoms. The van der Waals surface area contributed by atoms with E-state index >= 15 is 0 Å². The van der Waals surface area contributed by atoms with E-state index in [9.17, 15) is 4.79 Å². The van der Waals surface area contributed by atoms with Crippen molar-refractivity contribution < 1.29 is 14.3 Å². The summed E-state index contributed by atoms with van der Waals surface area (Å²) in [6.45, 7) is 3.42. The summed E-state index contributed by atoms with van der Waals surface area (Å²) in [5.74, 6) is 1.31. The Labute approximate surface area is 123 Å². The number of hydrogen-bond acceptors (Lipinski definition) is 3. The molecule has 2 aromatic rings. The molecule has 0 aliphatic heterocycles. The van der Waals surface area contributed by atoms with Crippen molar-refractivity contribution in [3.05, 3.63) is 52.5 Å². The molecule has 0 amide bonds. The summed E-state index contributed by atoms with van der Waals surface area (Å²) in [6.07, 6.45) is 0. The van der Waals surface area contributed by atoms with Crippen LogP contribution in [0.5, 0.6) is 17.2 Å². The average Bonchev–Trinajstić information content (AvgIpc) is 2.42. The van der Waals surface area contributed by atoms with Crippen molar-refractivity contribution in [1.82, 2.24) is 0 Å². The number of Topliss-reactive ketones (excluding diaryl/α,β-unsaturated/α-hetero) is 1. The first-order valence-corrected chi connectivity index (χ1v) is 6.52. The number of halogens is 1. The molecule has 0 N–H and O–H groups in total. The van der Waals surface area contributed by atoms with Crippen molar-refractivity contribution >= 4 is 17.4 Å². The monoisotopic (exact) mass is 290 g/mol. The van der Waals surface area contributed by atoms with Gasteiger partial charge in [0.15, 0.2) is 5.78 Å². The highest BCUT2D eigenvalue weighted by Gasteiger charge is 2.16. The highest BCUT2D eigenvalue weighted by Crippen LogP contribution is 2.35. The number of ketones is 1. The first kappa shape index (κ1) is 14.4. The molecule has 0 bridgehead atoms. The van der Waals surface area contributed by atoms with Crippen molar-refractivity contribution in [1.29, 1.82) is 0 Å². The number of methoxy groups -OCH3 is 1. The van der Waals surface area contributed by atoms with Gasteiger partial charge in [0, 0.05) is 0 Å². The van der Waals surface area contributed by atoms with Gasteiger partial charge in [-0.15, -0.1) is 0 Å². The molecule has 0 saturated heterocycles. The van der Waals surface area contributed by atoms with Gasteiger partial charge in [-0.3, -0.25) is 4.79 Å². The third-order valence-corrected chi connectivity index (χ3v) is 3.18. The van der Waals surface area contributed by atoms with Crippen molar-refractivity contribution in [3.63, 3.8) is 0 Å². The summed E-state index contributed by atoms with van der Waals surface area (Å²) in [7, 11) is 1.52. The molecule has 3 nitrogen and oxygen atoms in total. The van der Waals surface area contributed by atoms with Crippen LogP contribution in [0.4, 0.5) is 0 Å². The van der Waals surface area contributed by atoms with Crippen LogP contribution in [0.2, 0.25) is 5.02 Å². The normalized spacial score (nSPS) is 10.2. The van der Waals surface area contributed by atoms with Gasteiger partial charge in [0.2, 0.25) is 0 Å². The zero-order chi connectivity index (χ0) is 14.7. The van der Waals surface area contributed by atoms with Crippen molar-refractivity contribution in [2.75, 3.05) is 7.11 Å². The number of hydrogen-bond donors (Lipinski definition) is 0. The van der Waals surface area contributed by atoms with Crippen LogP contribution in [0, 0.1) is 6.92 Å². The molecule has 0 aliphatic carbocycles. The molecule has 0 fully saturated rings. The van der Waals surface area contributed by atoms with Gasteiger partial charge >= 0.3 is 0 Å². The largest absolute Gasteiger partial charge is 0.496 e. The number of carbonyl (C=O) groups excluding carboxylic acids is 1. The van der Waals surface area contributed by atoms with E-state index in [4.69, 9.17) is 21.1 Å². The number of carbonyl (C=O) groups is 1. The Morgan fingerprint density at radius 2 is 1.80 bits per heavy atom. The van der Waals surface area contributed by atoms with Gasteiger partial charge in [-0.2, -0.15) is 0 Å². The van der Waals surface area contributed by atoms with Crippen LogP contribution >= 0.6 is 11.6 Å². The second-order valence-corrected chi connectivity index (χ2v) is 4.83. The maximum Gasteiger partial charge on any atom is 0.167 e. The van der Waals surface area contributed by atoms with Crippen LogP contribution in [-0.4, -0.2) is 12.9 Å². The molecule has 0 atom stereocenters. The van der Waals surface area contributed by atoms with Gasteiger partial charge in [0.05, 0.1) is 12.1 Å². The van der Waals surface area contributed by atoms with E-state index in [1.807, 2.05) is 19.1 Å². The zero-order valence-corrected chi connectivity index (χ0v) is 12.3. The predicted molar refractivity (Wildman–Crippen MR) is 79.3 cm³/mol. The summed E-state index contributed by atoms with van der Waals surface area (Å²) >= 11 is 6.11. The van der Waals surface area contributed by atoms with E-state index < -0.39 is 0 Å². The number of rotatable bonds is 4. The maximum absolute atomic E-state index is 11.8. The van der Waals surface area contributed by atoms with Crippen LogP contribution in [0.15, 0.2) is 36.4 Å². The smallest absolute Gasteiger partial charge is 0.167 e. The summed E-state index contributed by atoms with van der Waals surface area (Å²) in [5, 5.41) is 0.493. The number of benzene rings is 2. The number of aryl methyl sites for hydroxylation is 1. The fraction of sp³-hybridized carbons (Fsp3) is 0.188. The molecule has 0 unspecified atom stereocenters. The van der Waals surface area contributed by atoms with Crippen LogP contribution < -0.4 is 9.47 Å². The molecule has 0 aromatic heterocycles. The summed E-state index contributed by atoms with van der Waals surface area (Å²) in [6, 6.07) is 10.7. The van der Waals surface area contributed by atoms with E-state index in [-0.39, 0.29) is 5.78 Å². The fourth-order valence-electron chi connectivity index (χ4n) is 1.92. The lowest BCUT2D eigenvalue weighted by Crippen LogP contribution is -2.01. The predicted octanol–water partition coefficient (Wildman–Crippen LogP) is 4.65. The quantitative estimate of drug-likeness (QED) is 0.769. The topological polar surface area (TPSA) is 35.5 Å². The SMILES string of the molecule is COc1cccc(Oc2cc(C)ccc2Cl)c1C(C)=O. The lowest BCUT2D eigenvalue weighted by Gasteiger charge is -2.13. The van der Waals surface area contributed by atoms with Crippen LogP contribution in [0.1, 0.15) is 22.8 Å². The zero-order valence-electron chi connectivity index (χ0n) is 11.6. The van der Waals surface area contributed by atoms with Crippen molar-refractivity contribution in [3.8, 4) is 17.2 Å². The Hall–Kier alpha value is -2.00. The van der Waals surface area contributed by atoms with Crippen molar-refractivity contribution in [2.45, 2.75) is 13.8 Å². The van der Waals surface area contributed by atoms with E-state index in [2.05, 4.69) is 0 Å². The highest BCUT2D eigenvalue weighted by molar-refractivity contribution is 6.32. The molecule has 2 rings (SSSR count). The van der Waals surface area contributed by atoms with Gasteiger partial charge < -0.3 is 9.47 Å². The molecule has 20 heavy (non-hydrogen) atoms. The Morgan fingerprint density at radius 3 is 2.45 bits per heavy atom. The lowest BCUT2D eigenvalue weighted by molar-refractivity contribution is 0.101. The second kappa shape index (κ2) is 5.97. The Bertz CT molecular complexity index is 650. The van der Waals surface area contributed by atoms with E-state index in [1.165, 1.54) is 14.0 Å². The van der Waals surface area contributed by atoms with Gasteiger partial charge in [0.25, 0.3) is 0 Å². The van der Waals surface area contributed by atoms with E-state index in [0.29, 0.717) is 27.8 Å². The third kappa shape index (κ3) is 2.94. The molecule has 0 spiro atoms. The molecule has 0 heterocycles. The molecular weight excluding hydrogens is 276 g/mol. The third-order valence-electron chi connectivity index (χ3n) is 2.87. The molecule has 2 aromatic carbocycles. The van der Waals surface area contributed by atoms with Crippen LogP contribution in [-0.2, 0) is 0 Å². The summed E-state index contributed by atoms with van der Waals surface area (Å²) in [4.78, 5) is 11.8. The standard InChI is InChI=1S/C16H15ClO3/c1-10-7-8-12(17)15(9-10)20-14-6-4-5-13(19-3)16(14)11(2)18/h4-9H,1-3H3. The first-order valence-electron chi connectivity index (χ1n) is 6.15. The van der Waals surface area contributed by atoms with Crippen LogP contribution in [0.25, 0.3) is 0 Å². The molecule has 0 saturated carbocycles. The molecule has 0 radical (unpaired) electrons. The minimum atomic E-state index is -0.124. The van der Waals surface area contributed by atoms with Gasteiger partial charge in [-0.1, -0.05) is 23.7 Å². The van der Waals surface area contributed by atoms with E-state index in [0.717, 1.165) is 5.56 Å². The lowest BCUT2D eigenvalue weighted by atomic mass is 10.1. The minimum absolute atomic E-state index is 0.124.